The van der Waals surface area contributed by atoms with E-state index in [2.05, 4.69) is 21.0 Å². The molecule has 0 amide bonds. The highest BCUT2D eigenvalue weighted by atomic mass is 79.9. The molecule has 1 aromatic rings. The number of methoxy groups -OCH3 is 1. The van der Waals surface area contributed by atoms with Crippen molar-refractivity contribution in [3.63, 3.8) is 0 Å². The molecule has 1 heterocycles. The highest BCUT2D eigenvalue weighted by molar-refractivity contribution is 9.10. The fourth-order valence-corrected chi connectivity index (χ4v) is 1.24. The third kappa shape index (κ3) is 1.16. The van der Waals surface area contributed by atoms with Crippen LogP contribution in [0.3, 0.4) is 0 Å². The van der Waals surface area contributed by atoms with Gasteiger partial charge in [-0.3, -0.25) is 0 Å². The quantitative estimate of drug-likeness (QED) is 0.734. The van der Waals surface area contributed by atoms with Crippen molar-refractivity contribution < 1.29 is 4.74 Å². The minimum atomic E-state index is 0.780. The van der Waals surface area contributed by atoms with Crippen LogP contribution in [0.25, 0.3) is 0 Å². The number of aryl methyl sites for hydroxylation is 1. The van der Waals surface area contributed by atoms with Crippen LogP contribution in [0.15, 0.2) is 10.7 Å². The Morgan fingerprint density at radius 1 is 1.80 bits per heavy atom. The molecule has 0 unspecified atom stereocenters. The van der Waals surface area contributed by atoms with Gasteiger partial charge in [0.1, 0.15) is 0 Å². The zero-order valence-electron chi connectivity index (χ0n) is 5.97. The third-order valence-electron chi connectivity index (χ3n) is 1.24. The lowest BCUT2D eigenvalue weighted by molar-refractivity contribution is 0.362. The van der Waals surface area contributed by atoms with Crippen LogP contribution in [0, 0.1) is 0 Å². The Morgan fingerprint density at radius 3 is 2.90 bits per heavy atom. The third-order valence-corrected chi connectivity index (χ3v) is 1.79. The number of hydrogen-bond donors (Lipinski definition) is 0. The summed E-state index contributed by atoms with van der Waals surface area (Å²) >= 11 is 3.31. The maximum atomic E-state index is 5.06. The number of hydrogen-bond acceptors (Lipinski definition) is 2. The number of halogens is 1. The van der Waals surface area contributed by atoms with Crippen molar-refractivity contribution in [3.05, 3.63) is 10.7 Å². The van der Waals surface area contributed by atoms with Crippen molar-refractivity contribution >= 4 is 15.9 Å². The second-order valence-electron chi connectivity index (χ2n) is 1.82. The molecule has 0 aliphatic carbocycles. The Bertz CT molecular complexity index is 222. The van der Waals surface area contributed by atoms with Crippen LogP contribution < -0.4 is 4.74 Å². The molecule has 0 bridgehead atoms. The van der Waals surface area contributed by atoms with Crippen LogP contribution >= 0.6 is 15.9 Å². The highest BCUT2D eigenvalue weighted by Crippen LogP contribution is 2.23. The summed E-state index contributed by atoms with van der Waals surface area (Å²) in [6, 6.07) is 0. The molecule has 0 aliphatic heterocycles. The standard InChI is InChI=1S/C6H9BrN2O/c1-3-9-6(10-2)5(7)4-8-9/h4H,3H2,1-2H3. The maximum absolute atomic E-state index is 5.06. The monoisotopic (exact) mass is 204 g/mol. The molecule has 0 N–H and O–H groups in total. The van der Waals surface area contributed by atoms with Crippen LogP contribution in [0.1, 0.15) is 6.92 Å². The molecule has 0 saturated heterocycles. The fraction of sp³-hybridized carbons (Fsp3) is 0.500. The normalized spacial score (nSPS) is 9.90. The van der Waals surface area contributed by atoms with Gasteiger partial charge >= 0.3 is 0 Å². The topological polar surface area (TPSA) is 27.1 Å². The smallest absolute Gasteiger partial charge is 0.226 e. The molecule has 4 heteroatoms. The lowest BCUT2D eigenvalue weighted by Gasteiger charge is -2.01. The van der Waals surface area contributed by atoms with Gasteiger partial charge in [-0.05, 0) is 22.9 Å². The molecule has 0 fully saturated rings. The maximum Gasteiger partial charge on any atom is 0.226 e. The first kappa shape index (κ1) is 7.60. The molecule has 56 valence electrons. The number of nitrogens with zero attached hydrogens (tertiary/aromatic N) is 2. The van der Waals surface area contributed by atoms with E-state index in [0.29, 0.717) is 0 Å². The van der Waals surface area contributed by atoms with Gasteiger partial charge in [0.05, 0.1) is 17.8 Å². The summed E-state index contributed by atoms with van der Waals surface area (Å²) in [6.07, 6.45) is 1.72. The average molecular weight is 205 g/mol. The van der Waals surface area contributed by atoms with Crippen LogP contribution in [-0.4, -0.2) is 16.9 Å². The SMILES string of the molecule is CCn1ncc(Br)c1OC. The van der Waals surface area contributed by atoms with Gasteiger partial charge in [0, 0.05) is 6.54 Å². The van der Waals surface area contributed by atoms with E-state index in [9.17, 15) is 0 Å². The minimum absolute atomic E-state index is 0.780. The van der Waals surface area contributed by atoms with Crippen LogP contribution in [0.2, 0.25) is 0 Å². The van der Waals surface area contributed by atoms with E-state index >= 15 is 0 Å². The Kier molecular flexibility index (Phi) is 2.32. The first-order chi connectivity index (χ1) is 4.79. The van der Waals surface area contributed by atoms with Crippen LogP contribution in [0.4, 0.5) is 0 Å². The molecule has 3 nitrogen and oxygen atoms in total. The average Bonchev–Trinajstić information content (AvgIpc) is 2.30. The molecule has 1 aromatic heterocycles. The van der Waals surface area contributed by atoms with E-state index in [0.717, 1.165) is 16.9 Å². The van der Waals surface area contributed by atoms with E-state index in [1.807, 2.05) is 6.92 Å². The zero-order chi connectivity index (χ0) is 7.56. The fourth-order valence-electron chi connectivity index (χ4n) is 0.779. The molecule has 1 rings (SSSR count). The van der Waals surface area contributed by atoms with Gasteiger partial charge in [-0.15, -0.1) is 0 Å². The summed E-state index contributed by atoms with van der Waals surface area (Å²) in [5.41, 5.74) is 0. The van der Waals surface area contributed by atoms with E-state index in [1.54, 1.807) is 18.0 Å². The number of ether oxygens (including phenoxy) is 1. The predicted molar refractivity (Wildman–Crippen MR) is 42.2 cm³/mol. The first-order valence-electron chi connectivity index (χ1n) is 3.05. The Labute approximate surface area is 68.1 Å². The van der Waals surface area contributed by atoms with Crippen molar-refractivity contribution in [1.29, 1.82) is 0 Å². The van der Waals surface area contributed by atoms with Crippen molar-refractivity contribution in [3.8, 4) is 5.88 Å². The molecule has 0 spiro atoms. The second kappa shape index (κ2) is 3.05. The van der Waals surface area contributed by atoms with Gasteiger partial charge in [-0.1, -0.05) is 0 Å². The summed E-state index contributed by atoms with van der Waals surface area (Å²) in [5, 5.41) is 4.05. The Balaban J connectivity index is 3.01. The lowest BCUT2D eigenvalue weighted by atomic mass is 10.6. The summed E-state index contributed by atoms with van der Waals surface area (Å²) in [6.45, 7) is 2.84. The van der Waals surface area contributed by atoms with Gasteiger partial charge < -0.3 is 4.74 Å². The van der Waals surface area contributed by atoms with Crippen molar-refractivity contribution in [2.75, 3.05) is 7.11 Å². The van der Waals surface area contributed by atoms with E-state index in [-0.39, 0.29) is 0 Å². The summed E-state index contributed by atoms with van der Waals surface area (Å²) < 4.78 is 7.74. The first-order valence-corrected chi connectivity index (χ1v) is 3.84. The molecular weight excluding hydrogens is 196 g/mol. The molecule has 0 aliphatic rings. The number of rotatable bonds is 2. The zero-order valence-corrected chi connectivity index (χ0v) is 7.55. The number of aromatic nitrogens is 2. The molecule has 0 saturated carbocycles. The highest BCUT2D eigenvalue weighted by Gasteiger charge is 2.05. The van der Waals surface area contributed by atoms with Gasteiger partial charge in [0.2, 0.25) is 5.88 Å². The van der Waals surface area contributed by atoms with E-state index in [1.165, 1.54) is 0 Å². The molecule has 0 aromatic carbocycles. The largest absolute Gasteiger partial charge is 0.480 e. The van der Waals surface area contributed by atoms with Gasteiger partial charge in [0.25, 0.3) is 0 Å². The Hall–Kier alpha value is -0.510. The molecule has 0 radical (unpaired) electrons. The van der Waals surface area contributed by atoms with Crippen molar-refractivity contribution in [2.24, 2.45) is 0 Å². The van der Waals surface area contributed by atoms with Gasteiger partial charge in [-0.2, -0.15) is 5.10 Å². The molecule has 10 heavy (non-hydrogen) atoms. The summed E-state index contributed by atoms with van der Waals surface area (Å²) in [5.74, 6) is 0.780. The molecule has 0 atom stereocenters. The lowest BCUT2D eigenvalue weighted by Crippen LogP contribution is -1.99. The van der Waals surface area contributed by atoms with Gasteiger partial charge in [0.15, 0.2) is 0 Å². The summed E-state index contributed by atoms with van der Waals surface area (Å²) in [7, 11) is 1.63. The minimum Gasteiger partial charge on any atom is -0.480 e. The predicted octanol–water partition coefficient (Wildman–Crippen LogP) is 1.67. The van der Waals surface area contributed by atoms with Gasteiger partial charge in [-0.25, -0.2) is 4.68 Å². The van der Waals surface area contributed by atoms with Crippen LogP contribution in [-0.2, 0) is 6.54 Å². The molecular formula is C6H9BrN2O. The Morgan fingerprint density at radius 2 is 2.50 bits per heavy atom. The van der Waals surface area contributed by atoms with Crippen molar-refractivity contribution in [1.82, 2.24) is 9.78 Å². The van der Waals surface area contributed by atoms with Crippen LogP contribution in [0.5, 0.6) is 5.88 Å². The summed E-state index contributed by atoms with van der Waals surface area (Å²) in [4.78, 5) is 0. The van der Waals surface area contributed by atoms with E-state index in [4.69, 9.17) is 4.74 Å². The van der Waals surface area contributed by atoms with Crippen molar-refractivity contribution in [2.45, 2.75) is 13.5 Å². The van der Waals surface area contributed by atoms with E-state index < -0.39 is 0 Å². The second-order valence-corrected chi connectivity index (χ2v) is 2.67.